The van der Waals surface area contributed by atoms with Crippen LogP contribution < -0.4 is 14.8 Å². The van der Waals surface area contributed by atoms with Crippen LogP contribution in [0.3, 0.4) is 0 Å². The molecule has 0 aromatic heterocycles. The van der Waals surface area contributed by atoms with Crippen molar-refractivity contribution in [1.82, 2.24) is 5.32 Å². The number of alkyl halides is 2. The summed E-state index contributed by atoms with van der Waals surface area (Å²) in [5.74, 6) is 0.895. The number of aryl methyl sites for hydroxylation is 1. The maximum Gasteiger partial charge on any atom is 0.387 e. The van der Waals surface area contributed by atoms with Gasteiger partial charge in [0.1, 0.15) is 11.5 Å². The lowest BCUT2D eigenvalue weighted by atomic mass is 10.1. The van der Waals surface area contributed by atoms with E-state index in [9.17, 15) is 13.9 Å². The maximum atomic E-state index is 12.5. The van der Waals surface area contributed by atoms with Crippen LogP contribution in [0, 0.1) is 6.92 Å². The molecule has 0 fully saturated rings. The van der Waals surface area contributed by atoms with E-state index in [1.54, 1.807) is 56.5 Å². The predicted molar refractivity (Wildman–Crippen MR) is 87.5 cm³/mol. The van der Waals surface area contributed by atoms with E-state index in [0.717, 1.165) is 5.56 Å². The van der Waals surface area contributed by atoms with Crippen LogP contribution in [0.15, 0.2) is 42.5 Å². The van der Waals surface area contributed by atoms with Crippen molar-refractivity contribution in [1.29, 1.82) is 0 Å². The van der Waals surface area contributed by atoms with Crippen LogP contribution in [0.4, 0.5) is 8.78 Å². The highest BCUT2D eigenvalue weighted by Crippen LogP contribution is 2.25. The Hall–Kier alpha value is -2.18. The number of aliphatic hydroxyl groups excluding tert-OH is 1. The highest BCUT2D eigenvalue weighted by Gasteiger charge is 2.13. The van der Waals surface area contributed by atoms with Gasteiger partial charge in [0.25, 0.3) is 0 Å². The van der Waals surface area contributed by atoms with Crippen molar-refractivity contribution >= 4 is 0 Å². The van der Waals surface area contributed by atoms with E-state index in [-0.39, 0.29) is 12.3 Å². The molecule has 1 atom stereocenters. The van der Waals surface area contributed by atoms with E-state index < -0.39 is 12.7 Å². The SMILES string of the molecule is COc1ccc(C(O)CNCc2cccc(C)c2OC(F)F)cc1. The molecule has 0 saturated carbocycles. The molecule has 2 aromatic carbocycles. The number of hydrogen-bond donors (Lipinski definition) is 2. The Morgan fingerprint density at radius 2 is 1.83 bits per heavy atom. The Balaban J connectivity index is 1.94. The zero-order valence-corrected chi connectivity index (χ0v) is 13.6. The van der Waals surface area contributed by atoms with Crippen molar-refractivity contribution in [2.75, 3.05) is 13.7 Å². The van der Waals surface area contributed by atoms with E-state index in [2.05, 4.69) is 10.1 Å². The Kier molecular flexibility index (Phi) is 6.52. The molecule has 0 aliphatic carbocycles. The number of ether oxygens (including phenoxy) is 2. The van der Waals surface area contributed by atoms with Crippen LogP contribution in [0.25, 0.3) is 0 Å². The van der Waals surface area contributed by atoms with Crippen molar-refractivity contribution in [3.63, 3.8) is 0 Å². The van der Waals surface area contributed by atoms with Crippen LogP contribution in [-0.2, 0) is 6.54 Å². The number of halogens is 2. The number of rotatable bonds is 8. The molecular weight excluding hydrogens is 316 g/mol. The first kappa shape index (κ1) is 18.2. The van der Waals surface area contributed by atoms with Crippen molar-refractivity contribution in [3.05, 3.63) is 59.2 Å². The van der Waals surface area contributed by atoms with Gasteiger partial charge in [0, 0.05) is 18.7 Å². The first-order chi connectivity index (χ1) is 11.5. The molecule has 0 heterocycles. The number of para-hydroxylation sites is 1. The lowest BCUT2D eigenvalue weighted by molar-refractivity contribution is -0.0509. The van der Waals surface area contributed by atoms with Crippen molar-refractivity contribution in [2.24, 2.45) is 0 Å². The fourth-order valence-electron chi connectivity index (χ4n) is 2.40. The first-order valence-corrected chi connectivity index (χ1v) is 7.57. The summed E-state index contributed by atoms with van der Waals surface area (Å²) in [4.78, 5) is 0. The summed E-state index contributed by atoms with van der Waals surface area (Å²) in [6.45, 7) is -0.548. The molecule has 4 nitrogen and oxygen atoms in total. The van der Waals surface area contributed by atoms with Gasteiger partial charge >= 0.3 is 6.61 Å². The molecule has 0 aliphatic rings. The fourth-order valence-corrected chi connectivity index (χ4v) is 2.40. The van der Waals surface area contributed by atoms with Crippen molar-refractivity contribution in [3.8, 4) is 11.5 Å². The van der Waals surface area contributed by atoms with Gasteiger partial charge in [-0.25, -0.2) is 0 Å². The van der Waals surface area contributed by atoms with E-state index in [0.29, 0.717) is 23.4 Å². The molecule has 2 N–H and O–H groups in total. The zero-order chi connectivity index (χ0) is 17.5. The largest absolute Gasteiger partial charge is 0.497 e. The molecule has 0 saturated heterocycles. The third-order valence-corrected chi connectivity index (χ3v) is 3.65. The summed E-state index contributed by atoms with van der Waals surface area (Å²) in [6, 6.07) is 12.3. The number of hydrogen-bond acceptors (Lipinski definition) is 4. The van der Waals surface area contributed by atoms with Gasteiger partial charge in [0.05, 0.1) is 13.2 Å². The summed E-state index contributed by atoms with van der Waals surface area (Å²) < 4.78 is 34.7. The summed E-state index contributed by atoms with van der Waals surface area (Å²) >= 11 is 0. The molecule has 0 aliphatic heterocycles. The molecule has 1 unspecified atom stereocenters. The van der Waals surface area contributed by atoms with Crippen molar-refractivity contribution in [2.45, 2.75) is 26.2 Å². The van der Waals surface area contributed by atoms with Gasteiger partial charge in [-0.3, -0.25) is 0 Å². The van der Waals surface area contributed by atoms with E-state index in [4.69, 9.17) is 4.74 Å². The third kappa shape index (κ3) is 4.91. The zero-order valence-electron chi connectivity index (χ0n) is 13.6. The lowest BCUT2D eigenvalue weighted by Crippen LogP contribution is -2.21. The Bertz CT molecular complexity index is 647. The van der Waals surface area contributed by atoms with Crippen LogP contribution in [0.2, 0.25) is 0 Å². The average Bonchev–Trinajstić information content (AvgIpc) is 2.57. The number of benzene rings is 2. The van der Waals surface area contributed by atoms with Gasteiger partial charge < -0.3 is 19.9 Å². The topological polar surface area (TPSA) is 50.7 Å². The minimum Gasteiger partial charge on any atom is -0.497 e. The standard InChI is InChI=1S/C18H21F2NO3/c1-12-4-3-5-14(17(12)24-18(19)20)10-21-11-16(22)13-6-8-15(23-2)9-7-13/h3-9,16,18,21-22H,10-11H2,1-2H3. The molecule has 0 spiro atoms. The average molecular weight is 337 g/mol. The monoisotopic (exact) mass is 337 g/mol. The molecule has 0 amide bonds. The Morgan fingerprint density at radius 3 is 2.46 bits per heavy atom. The summed E-state index contributed by atoms with van der Waals surface area (Å²) in [5.41, 5.74) is 2.01. The van der Waals surface area contributed by atoms with E-state index in [1.807, 2.05) is 0 Å². The Labute approximate surface area is 140 Å². The molecule has 24 heavy (non-hydrogen) atoms. The fraction of sp³-hybridized carbons (Fsp3) is 0.333. The van der Waals surface area contributed by atoms with Gasteiger partial charge in [-0.05, 0) is 30.2 Å². The molecule has 130 valence electrons. The maximum absolute atomic E-state index is 12.5. The van der Waals surface area contributed by atoms with Crippen LogP contribution in [-0.4, -0.2) is 25.4 Å². The minimum absolute atomic E-state index is 0.180. The van der Waals surface area contributed by atoms with Crippen LogP contribution >= 0.6 is 0 Å². The van der Waals surface area contributed by atoms with Gasteiger partial charge in [0.2, 0.25) is 0 Å². The Morgan fingerprint density at radius 1 is 1.12 bits per heavy atom. The second-order valence-corrected chi connectivity index (χ2v) is 5.36. The molecular formula is C18H21F2NO3. The predicted octanol–water partition coefficient (Wildman–Crippen LogP) is 3.43. The van der Waals surface area contributed by atoms with Gasteiger partial charge in [0.15, 0.2) is 0 Å². The quantitative estimate of drug-likeness (QED) is 0.775. The second kappa shape index (κ2) is 8.61. The minimum atomic E-state index is -2.87. The lowest BCUT2D eigenvalue weighted by Gasteiger charge is -2.16. The van der Waals surface area contributed by atoms with Gasteiger partial charge in [-0.15, -0.1) is 0 Å². The second-order valence-electron chi connectivity index (χ2n) is 5.36. The highest BCUT2D eigenvalue weighted by molar-refractivity contribution is 5.40. The summed E-state index contributed by atoms with van der Waals surface area (Å²) in [6.07, 6.45) is -0.708. The van der Waals surface area contributed by atoms with Crippen LogP contribution in [0.5, 0.6) is 11.5 Å². The smallest absolute Gasteiger partial charge is 0.387 e. The van der Waals surface area contributed by atoms with E-state index >= 15 is 0 Å². The van der Waals surface area contributed by atoms with Crippen molar-refractivity contribution < 1.29 is 23.4 Å². The number of aliphatic hydroxyl groups is 1. The van der Waals surface area contributed by atoms with Gasteiger partial charge in [-0.1, -0.05) is 30.3 Å². The summed E-state index contributed by atoms with van der Waals surface area (Å²) in [7, 11) is 1.58. The molecule has 0 radical (unpaired) electrons. The summed E-state index contributed by atoms with van der Waals surface area (Å²) in [5, 5.41) is 13.2. The number of methoxy groups -OCH3 is 1. The van der Waals surface area contributed by atoms with Gasteiger partial charge in [-0.2, -0.15) is 8.78 Å². The molecule has 2 aromatic rings. The molecule has 0 bridgehead atoms. The molecule has 2 rings (SSSR count). The molecule has 6 heteroatoms. The third-order valence-electron chi connectivity index (χ3n) is 3.65. The number of nitrogens with one attached hydrogen (secondary N) is 1. The highest BCUT2D eigenvalue weighted by atomic mass is 19.3. The van der Waals surface area contributed by atoms with E-state index in [1.165, 1.54) is 0 Å². The normalized spacial score (nSPS) is 12.2. The van der Waals surface area contributed by atoms with Crippen LogP contribution in [0.1, 0.15) is 22.8 Å². The first-order valence-electron chi connectivity index (χ1n) is 7.57.